The smallest absolute Gasteiger partial charge is 0.187 e. The molecule has 0 aromatic heterocycles. The zero-order valence-electron chi connectivity index (χ0n) is 67.6. The van der Waals surface area contributed by atoms with Crippen LogP contribution < -0.4 is 0 Å². The van der Waals surface area contributed by atoms with Crippen LogP contribution in [0.15, 0.2) is 0 Å². The van der Waals surface area contributed by atoms with E-state index in [0.29, 0.717) is 0 Å². The molecule has 12 rings (SSSR count). The van der Waals surface area contributed by atoms with Crippen molar-refractivity contribution < 1.29 is 257 Å². The third kappa shape index (κ3) is 21.3. The summed E-state index contributed by atoms with van der Waals surface area (Å²) in [7, 11) is 0. The van der Waals surface area contributed by atoms with Gasteiger partial charge >= 0.3 is 0 Å². The lowest BCUT2D eigenvalue weighted by Crippen LogP contribution is -2.69. The van der Waals surface area contributed by atoms with Crippen molar-refractivity contribution in [2.24, 2.45) is 0 Å². The van der Waals surface area contributed by atoms with Crippen molar-refractivity contribution in [1.29, 1.82) is 0 Å². The van der Waals surface area contributed by atoms with E-state index in [2.05, 4.69) is 0 Å². The molecule has 0 bridgehead atoms. The fourth-order valence-electron chi connectivity index (χ4n) is 16.9. The van der Waals surface area contributed by atoms with Crippen LogP contribution in [0.25, 0.3) is 0 Å². The Hall–Kier alpha value is -2.08. The van der Waals surface area contributed by atoms with Gasteiger partial charge in [0.25, 0.3) is 0 Å². The monoisotopic (exact) mass is 1820 g/mol. The molecule has 12 fully saturated rings. The largest absolute Gasteiger partial charge is 0.394 e. The summed E-state index contributed by atoms with van der Waals surface area (Å²) in [6, 6.07) is 0. The van der Waals surface area contributed by atoms with Crippen LogP contribution in [0.1, 0.15) is 60.8 Å². The van der Waals surface area contributed by atoms with E-state index >= 15 is 0 Å². The predicted octanol–water partition coefficient (Wildman–Crippen LogP) is -17.9. The molecule has 0 aromatic carbocycles. The Morgan fingerprint density at radius 2 is 0.379 bits per heavy atom. The second-order valence-corrected chi connectivity index (χ2v) is 33.2. The molecule has 0 radical (unpaired) electrons. The summed E-state index contributed by atoms with van der Waals surface area (Å²) in [6.45, 7) is 1.64. The first-order valence-electron chi connectivity index (χ1n) is 41.0. The molecule has 12 saturated heterocycles. The summed E-state index contributed by atoms with van der Waals surface area (Å²) in [4.78, 5) is 0. The highest BCUT2D eigenvalue weighted by Crippen LogP contribution is 2.43. The third-order valence-electron chi connectivity index (χ3n) is 24.5. The summed E-state index contributed by atoms with van der Waals surface area (Å²) in [6.07, 6.45) is -109. The maximum absolute atomic E-state index is 12.4. The molecule has 0 amide bonds. The summed E-state index contributed by atoms with van der Waals surface area (Å²) in [5.41, 5.74) is 0. The van der Waals surface area contributed by atoms with Gasteiger partial charge in [0, 0.05) is 19.3 Å². The molecule has 0 aliphatic carbocycles. The van der Waals surface area contributed by atoms with Crippen LogP contribution in [0.4, 0.5) is 0 Å². The highest BCUT2D eigenvalue weighted by Gasteiger charge is 2.63. The van der Waals surface area contributed by atoms with E-state index in [1.54, 1.807) is 0 Å². The molecule has 124 heavy (non-hydrogen) atoms. The average molecular weight is 1820 g/mol. The molecule has 12 aliphatic heterocycles. The minimum atomic E-state index is -2.42. The van der Waals surface area contributed by atoms with Gasteiger partial charge in [-0.1, -0.05) is 0 Å². The summed E-state index contributed by atoms with van der Waals surface area (Å²) in [5.74, 6) is 0. The quantitative estimate of drug-likeness (QED) is 0.0346. The second kappa shape index (κ2) is 43.1. The average Bonchev–Trinajstić information content (AvgIpc) is 0.766. The van der Waals surface area contributed by atoms with Gasteiger partial charge in [-0.25, -0.2) is 0 Å². The fraction of sp³-hybridized carbons (Fsp3) is 1.00. The number of hydrogen-bond acceptors (Lipinski definition) is 52. The molecule has 52 heteroatoms. The topological polar surface area (TPSA) is 799 Å². The van der Waals surface area contributed by atoms with Crippen LogP contribution >= 0.6 is 0 Å². The highest BCUT2D eigenvalue weighted by molar-refractivity contribution is 5.04. The van der Waals surface area contributed by atoms with Crippen LogP contribution in [0, 0.1) is 0 Å². The van der Waals surface area contributed by atoms with Gasteiger partial charge in [0.1, 0.15) is 220 Å². The van der Waals surface area contributed by atoms with Gasteiger partial charge in [-0.2, -0.15) is 0 Å². The van der Waals surface area contributed by atoms with Gasteiger partial charge in [0.05, 0.1) is 94.6 Å². The fourth-order valence-corrected chi connectivity index (χ4v) is 16.9. The maximum atomic E-state index is 12.4. The maximum Gasteiger partial charge on any atom is 0.187 e. The Balaban J connectivity index is 0.780. The predicted molar refractivity (Wildman–Crippen MR) is 382 cm³/mol. The molecule has 29 N–H and O–H groups in total. The Bertz CT molecular complexity index is 3230. The molecule has 57 atom stereocenters. The minimum Gasteiger partial charge on any atom is -0.394 e. The van der Waals surface area contributed by atoms with E-state index in [9.17, 15) is 148 Å². The van der Waals surface area contributed by atoms with Gasteiger partial charge in [-0.3, -0.25) is 0 Å². The number of rotatable bonds is 28. The summed E-state index contributed by atoms with van der Waals surface area (Å²) < 4.78 is 138. The van der Waals surface area contributed by atoms with Crippen molar-refractivity contribution >= 4 is 0 Å². The Morgan fingerprint density at radius 1 is 0.169 bits per heavy atom. The summed E-state index contributed by atoms with van der Waals surface area (Å²) in [5, 5.41) is 325. The molecular weight excluding hydrogens is 1700 g/mol. The standard InChI is InChI=1S/C72H122O52/c1-16-22(79)7-25(82)62(103-16)119-55-37(88)31(13-76)111-70(58(55)122-67-45(96)40(91)34(85)28(10-73)108-67)115-51-20(5)106-65(46(97)42(51)93)118-54-36(87)30(12-75)110-69(49(54)100)124-60-57(121-64-27(84)9-24(81)18(3)105-64)39(90)33(15-78)113-72(60)116-52-21(6)107-66(47(98)43(52)94)117-53-35(86)29(11-74)109-68(48(53)99)123-59-56(120-63-26(83)8-23(80)17(2)104-63)38(89)32(14-77)112-71(59)114-50-19(4)102-61(101)44(95)41(50)92/h16-101H,7-15H2,1-6H3. The third-order valence-corrected chi connectivity index (χ3v) is 24.5. The first-order valence-corrected chi connectivity index (χ1v) is 41.0. The number of hydrogen-bond donors (Lipinski definition) is 29. The van der Waals surface area contributed by atoms with E-state index < -0.39 is 396 Å². The molecule has 0 saturated carbocycles. The van der Waals surface area contributed by atoms with Crippen molar-refractivity contribution in [3.8, 4) is 0 Å². The van der Waals surface area contributed by atoms with Crippen molar-refractivity contribution in [1.82, 2.24) is 0 Å². The van der Waals surface area contributed by atoms with Crippen LogP contribution in [0.5, 0.6) is 0 Å². The first-order chi connectivity index (χ1) is 58.7. The number of aliphatic hydroxyl groups is 29. The van der Waals surface area contributed by atoms with Gasteiger partial charge in [0.15, 0.2) is 75.5 Å². The van der Waals surface area contributed by atoms with Crippen molar-refractivity contribution in [3.05, 3.63) is 0 Å². The van der Waals surface area contributed by atoms with Crippen molar-refractivity contribution in [2.45, 2.75) is 411 Å². The van der Waals surface area contributed by atoms with Crippen molar-refractivity contribution in [2.75, 3.05) is 39.6 Å². The summed E-state index contributed by atoms with van der Waals surface area (Å²) >= 11 is 0. The molecule has 722 valence electrons. The van der Waals surface area contributed by atoms with Gasteiger partial charge in [-0.15, -0.1) is 0 Å². The lowest BCUT2D eigenvalue weighted by Gasteiger charge is -2.51. The van der Waals surface area contributed by atoms with E-state index in [4.69, 9.17) is 109 Å². The van der Waals surface area contributed by atoms with E-state index in [1.165, 1.54) is 41.5 Å². The molecule has 0 spiro atoms. The molecule has 0 aromatic rings. The molecule has 12 heterocycles. The number of aliphatic hydroxyl groups excluding tert-OH is 29. The molecule has 57 unspecified atom stereocenters. The lowest BCUT2D eigenvalue weighted by atomic mass is 9.95. The van der Waals surface area contributed by atoms with E-state index in [-0.39, 0.29) is 12.8 Å². The zero-order chi connectivity index (χ0) is 90.5. The van der Waals surface area contributed by atoms with Crippen LogP contribution in [-0.2, 0) is 109 Å². The Morgan fingerprint density at radius 3 is 0.677 bits per heavy atom. The highest BCUT2D eigenvalue weighted by atomic mass is 16.8. The first kappa shape index (κ1) is 101. The Labute approximate surface area is 705 Å². The Kier molecular flexibility index (Phi) is 35.1. The van der Waals surface area contributed by atoms with E-state index in [0.717, 1.165) is 0 Å². The molecular formula is C72H122O52. The minimum absolute atomic E-state index is 0.328. The SMILES string of the molecule is CC1OC(OC2C(O)C(CO)OC(OC3C(C)OC(OC4C(O)C(CO)OC(OC5C(OC6C(C)OC(OC7C(O)C(CO)OC(OC8C(OC9C(C)OC(O)C(O)C9O)OC(CO)C(O)C8OC8OC(C)C(O)CC8O)C7O)C(O)C6O)OC(CO)C(O)C5OC5OC(C)C(O)CC5O)C4O)C(O)C3O)C2OC2OC(CO)C(O)C(O)C2O)C(O)CC1O. The lowest BCUT2D eigenvalue weighted by molar-refractivity contribution is -0.416. The van der Waals surface area contributed by atoms with Crippen molar-refractivity contribution in [3.63, 3.8) is 0 Å². The van der Waals surface area contributed by atoms with Gasteiger partial charge in [0.2, 0.25) is 0 Å². The van der Waals surface area contributed by atoms with Crippen LogP contribution in [-0.4, -0.2) is 538 Å². The number of ether oxygens (including phenoxy) is 23. The molecule has 12 aliphatic rings. The zero-order valence-corrected chi connectivity index (χ0v) is 67.6. The van der Waals surface area contributed by atoms with Gasteiger partial charge in [-0.05, 0) is 41.5 Å². The van der Waals surface area contributed by atoms with Gasteiger partial charge < -0.3 is 257 Å². The normalized spacial score (nSPS) is 55.0. The van der Waals surface area contributed by atoms with Crippen LogP contribution in [0.3, 0.4) is 0 Å². The molecule has 52 nitrogen and oxygen atoms in total. The van der Waals surface area contributed by atoms with E-state index in [1.807, 2.05) is 0 Å². The second-order valence-electron chi connectivity index (χ2n) is 33.2. The van der Waals surface area contributed by atoms with Crippen LogP contribution in [0.2, 0.25) is 0 Å².